The second-order valence-corrected chi connectivity index (χ2v) is 8.80. The summed E-state index contributed by atoms with van der Waals surface area (Å²) in [7, 11) is 0. The van der Waals surface area contributed by atoms with E-state index in [2.05, 4.69) is 28.5 Å². The molecule has 2 amide bonds. The number of para-hydroxylation sites is 1. The molecule has 1 aliphatic heterocycles. The Morgan fingerprint density at radius 3 is 2.70 bits per heavy atom. The molecule has 0 unspecified atom stereocenters. The van der Waals surface area contributed by atoms with Crippen LogP contribution in [0.3, 0.4) is 0 Å². The van der Waals surface area contributed by atoms with Gasteiger partial charge in [-0.15, -0.1) is 0 Å². The normalized spacial score (nSPS) is 19.1. The van der Waals surface area contributed by atoms with E-state index in [4.69, 9.17) is 0 Å². The first-order valence-electron chi connectivity index (χ1n) is 10.8. The highest BCUT2D eigenvalue weighted by Gasteiger charge is 2.39. The molecule has 0 radical (unpaired) electrons. The number of H-pyrrole nitrogens is 1. The van der Waals surface area contributed by atoms with Crippen LogP contribution in [0.1, 0.15) is 59.9 Å². The molecule has 2 atom stereocenters. The molecule has 30 heavy (non-hydrogen) atoms. The maximum absolute atomic E-state index is 13.4. The fraction of sp³-hybridized carbons (Fsp3) is 0.360. The molecular weight excluding hydrogens is 374 g/mol. The van der Waals surface area contributed by atoms with Gasteiger partial charge in [-0.1, -0.05) is 50.2 Å². The first-order chi connectivity index (χ1) is 14.5. The van der Waals surface area contributed by atoms with Crippen molar-refractivity contribution in [2.45, 2.75) is 51.7 Å². The summed E-state index contributed by atoms with van der Waals surface area (Å²) in [4.78, 5) is 31.7. The van der Waals surface area contributed by atoms with Crippen molar-refractivity contribution in [2.24, 2.45) is 5.92 Å². The van der Waals surface area contributed by atoms with Crippen LogP contribution in [0, 0.1) is 5.92 Å². The van der Waals surface area contributed by atoms with E-state index in [0.717, 1.165) is 36.0 Å². The molecule has 2 N–H and O–H groups in total. The van der Waals surface area contributed by atoms with E-state index in [9.17, 15) is 9.59 Å². The maximum atomic E-state index is 13.4. The minimum absolute atomic E-state index is 0.0223. The van der Waals surface area contributed by atoms with Crippen LogP contribution in [-0.2, 0) is 17.8 Å². The van der Waals surface area contributed by atoms with Crippen LogP contribution in [0.2, 0.25) is 0 Å². The number of carbonyl (C=O) groups is 2. The van der Waals surface area contributed by atoms with Crippen LogP contribution in [0.4, 0.5) is 0 Å². The highest BCUT2D eigenvalue weighted by molar-refractivity contribution is 6.01. The van der Waals surface area contributed by atoms with Gasteiger partial charge in [0.05, 0.1) is 6.04 Å². The van der Waals surface area contributed by atoms with Gasteiger partial charge in [-0.2, -0.15) is 0 Å². The van der Waals surface area contributed by atoms with Gasteiger partial charge in [0.25, 0.3) is 5.91 Å². The standard InChI is InChI=1S/C25H27N3O2/c1-15(2)23(28-14-16-8-3-4-9-17(16)25(28)30)24(29)27-21-13-7-11-19-18-10-5-6-12-20(18)26-22(19)21/h3-6,8-10,12,15,21,23,26H,7,11,13-14H2,1-2H3,(H,27,29)/t21-,23+/m1/s1. The Labute approximate surface area is 176 Å². The van der Waals surface area contributed by atoms with Gasteiger partial charge in [0.1, 0.15) is 6.04 Å². The van der Waals surface area contributed by atoms with Gasteiger partial charge in [-0.3, -0.25) is 9.59 Å². The Hall–Kier alpha value is -3.08. The molecule has 154 valence electrons. The largest absolute Gasteiger partial charge is 0.356 e. The number of nitrogens with zero attached hydrogens (tertiary/aromatic N) is 1. The van der Waals surface area contributed by atoms with E-state index in [1.54, 1.807) is 4.90 Å². The zero-order valence-electron chi connectivity index (χ0n) is 17.4. The molecule has 5 rings (SSSR count). The maximum Gasteiger partial charge on any atom is 0.255 e. The summed E-state index contributed by atoms with van der Waals surface area (Å²) in [5, 5.41) is 4.52. The fourth-order valence-electron chi connectivity index (χ4n) is 5.12. The van der Waals surface area contributed by atoms with Gasteiger partial charge in [0.2, 0.25) is 5.91 Å². The average Bonchev–Trinajstić information content (AvgIpc) is 3.27. The summed E-state index contributed by atoms with van der Waals surface area (Å²) in [5.41, 5.74) is 5.26. The van der Waals surface area contributed by atoms with Gasteiger partial charge in [0, 0.05) is 28.7 Å². The molecular formula is C25H27N3O2. The molecule has 0 spiro atoms. The number of hydrogen-bond donors (Lipinski definition) is 2. The first-order valence-corrected chi connectivity index (χ1v) is 10.8. The van der Waals surface area contributed by atoms with E-state index in [0.29, 0.717) is 12.1 Å². The predicted octanol–water partition coefficient (Wildman–Crippen LogP) is 4.34. The van der Waals surface area contributed by atoms with Crippen molar-refractivity contribution >= 4 is 22.7 Å². The smallest absolute Gasteiger partial charge is 0.255 e. The van der Waals surface area contributed by atoms with Crippen molar-refractivity contribution < 1.29 is 9.59 Å². The number of fused-ring (bicyclic) bond motifs is 4. The SMILES string of the molecule is CC(C)[C@@H](C(=O)N[C@@H]1CCCc2c1[nH]c1ccccc21)N1Cc2ccccc2C1=O. The Morgan fingerprint density at radius 1 is 1.13 bits per heavy atom. The molecule has 0 saturated carbocycles. The monoisotopic (exact) mass is 401 g/mol. The van der Waals surface area contributed by atoms with E-state index in [1.807, 2.05) is 44.2 Å². The van der Waals surface area contributed by atoms with Gasteiger partial charge < -0.3 is 15.2 Å². The topological polar surface area (TPSA) is 65.2 Å². The summed E-state index contributed by atoms with van der Waals surface area (Å²) in [6.45, 7) is 4.51. The van der Waals surface area contributed by atoms with E-state index >= 15 is 0 Å². The first kappa shape index (κ1) is 18.9. The van der Waals surface area contributed by atoms with Crippen molar-refractivity contribution in [3.63, 3.8) is 0 Å². The Kier molecular flexibility index (Phi) is 4.61. The Bertz CT molecular complexity index is 1130. The number of hydrogen-bond acceptors (Lipinski definition) is 2. The van der Waals surface area contributed by atoms with Crippen molar-refractivity contribution in [3.05, 3.63) is 70.9 Å². The summed E-state index contributed by atoms with van der Waals surface area (Å²) < 4.78 is 0. The molecule has 2 aliphatic rings. The molecule has 0 saturated heterocycles. The highest BCUT2D eigenvalue weighted by Crippen LogP contribution is 2.35. The number of aromatic nitrogens is 1. The summed E-state index contributed by atoms with van der Waals surface area (Å²) >= 11 is 0. The van der Waals surface area contributed by atoms with E-state index < -0.39 is 6.04 Å². The minimum atomic E-state index is -0.486. The van der Waals surface area contributed by atoms with E-state index in [1.165, 1.54) is 10.9 Å². The molecule has 2 heterocycles. The minimum Gasteiger partial charge on any atom is -0.356 e. The van der Waals surface area contributed by atoms with Crippen LogP contribution >= 0.6 is 0 Å². The van der Waals surface area contributed by atoms with Crippen molar-refractivity contribution in [3.8, 4) is 0 Å². The van der Waals surface area contributed by atoms with Crippen LogP contribution in [0.25, 0.3) is 10.9 Å². The Morgan fingerprint density at radius 2 is 1.90 bits per heavy atom. The van der Waals surface area contributed by atoms with Gasteiger partial charge >= 0.3 is 0 Å². The molecule has 2 aromatic carbocycles. The van der Waals surface area contributed by atoms with Crippen LogP contribution in [-0.4, -0.2) is 27.7 Å². The third kappa shape index (κ3) is 3.00. The zero-order valence-corrected chi connectivity index (χ0v) is 17.4. The van der Waals surface area contributed by atoms with Gasteiger partial charge in [-0.25, -0.2) is 0 Å². The lowest BCUT2D eigenvalue weighted by molar-refractivity contribution is -0.128. The number of nitrogens with one attached hydrogen (secondary N) is 2. The molecule has 1 aromatic heterocycles. The second-order valence-electron chi connectivity index (χ2n) is 8.80. The number of aromatic amines is 1. The average molecular weight is 402 g/mol. The molecule has 0 fully saturated rings. The summed E-state index contributed by atoms with van der Waals surface area (Å²) in [5.74, 6) is -0.0916. The fourth-order valence-corrected chi connectivity index (χ4v) is 5.12. The number of amides is 2. The van der Waals surface area contributed by atoms with Crippen molar-refractivity contribution in [1.82, 2.24) is 15.2 Å². The number of rotatable bonds is 4. The molecule has 5 nitrogen and oxygen atoms in total. The lowest BCUT2D eigenvalue weighted by atomic mass is 9.91. The highest BCUT2D eigenvalue weighted by atomic mass is 16.2. The Balaban J connectivity index is 1.41. The van der Waals surface area contributed by atoms with Crippen molar-refractivity contribution in [2.75, 3.05) is 0 Å². The number of carbonyl (C=O) groups excluding carboxylic acids is 2. The van der Waals surface area contributed by atoms with Gasteiger partial charge in [-0.05, 0) is 48.4 Å². The second kappa shape index (κ2) is 7.31. The summed E-state index contributed by atoms with van der Waals surface area (Å²) in [6.07, 6.45) is 2.98. The van der Waals surface area contributed by atoms with Gasteiger partial charge in [0.15, 0.2) is 0 Å². The molecule has 1 aliphatic carbocycles. The summed E-state index contributed by atoms with van der Waals surface area (Å²) in [6, 6.07) is 15.4. The third-order valence-electron chi connectivity index (χ3n) is 6.52. The van der Waals surface area contributed by atoms with Crippen LogP contribution < -0.4 is 5.32 Å². The number of benzene rings is 2. The molecule has 3 aromatic rings. The van der Waals surface area contributed by atoms with Crippen molar-refractivity contribution in [1.29, 1.82) is 0 Å². The lowest BCUT2D eigenvalue weighted by Crippen LogP contribution is -2.51. The van der Waals surface area contributed by atoms with E-state index in [-0.39, 0.29) is 23.8 Å². The predicted molar refractivity (Wildman–Crippen MR) is 117 cm³/mol. The van der Waals surface area contributed by atoms with Crippen LogP contribution in [0.5, 0.6) is 0 Å². The van der Waals surface area contributed by atoms with Crippen LogP contribution in [0.15, 0.2) is 48.5 Å². The quantitative estimate of drug-likeness (QED) is 0.683. The number of aryl methyl sites for hydroxylation is 1. The third-order valence-corrected chi connectivity index (χ3v) is 6.52. The molecule has 5 heteroatoms. The lowest BCUT2D eigenvalue weighted by Gasteiger charge is -2.32. The molecule has 0 bridgehead atoms. The zero-order chi connectivity index (χ0) is 20.8.